The van der Waals surface area contributed by atoms with Crippen LogP contribution in [0.3, 0.4) is 0 Å². The number of benzene rings is 1. The molecule has 1 nitrogen and oxygen atoms in total. The average Bonchev–Trinajstić information content (AvgIpc) is 2.06. The fourth-order valence-electron chi connectivity index (χ4n) is 1.09. The average molecular weight is 294 g/mol. The summed E-state index contributed by atoms with van der Waals surface area (Å²) in [4.78, 5) is 0. The lowest BCUT2D eigenvalue weighted by Crippen LogP contribution is -1.92. The lowest BCUT2D eigenvalue weighted by Gasteiger charge is -2.09. The molecule has 0 radical (unpaired) electrons. The van der Waals surface area contributed by atoms with Gasteiger partial charge in [-0.3, -0.25) is 0 Å². The van der Waals surface area contributed by atoms with Crippen LogP contribution >= 0.6 is 31.9 Å². The highest BCUT2D eigenvalue weighted by atomic mass is 79.9. The van der Waals surface area contributed by atoms with Crippen molar-refractivity contribution in [1.82, 2.24) is 0 Å². The van der Waals surface area contributed by atoms with Crippen LogP contribution in [0.4, 0.5) is 0 Å². The number of methoxy groups -OCH3 is 1. The van der Waals surface area contributed by atoms with Crippen LogP contribution in [-0.2, 0) is 5.33 Å². The molecule has 0 aromatic heterocycles. The van der Waals surface area contributed by atoms with Crippen LogP contribution < -0.4 is 4.74 Å². The van der Waals surface area contributed by atoms with Crippen molar-refractivity contribution < 1.29 is 4.74 Å². The molecule has 0 unspecified atom stereocenters. The van der Waals surface area contributed by atoms with E-state index in [1.807, 2.05) is 12.1 Å². The second-order valence-corrected chi connectivity index (χ2v) is 3.90. The fraction of sp³-hybridized carbons (Fsp3) is 0.333. The van der Waals surface area contributed by atoms with E-state index in [2.05, 4.69) is 38.8 Å². The van der Waals surface area contributed by atoms with Crippen LogP contribution in [0.25, 0.3) is 0 Å². The highest BCUT2D eigenvalue weighted by molar-refractivity contribution is 9.10. The normalized spacial score (nSPS) is 10.0. The Labute approximate surface area is 89.4 Å². The van der Waals surface area contributed by atoms with E-state index in [1.165, 1.54) is 11.1 Å². The highest BCUT2D eigenvalue weighted by Gasteiger charge is 2.06. The molecule has 12 heavy (non-hydrogen) atoms. The van der Waals surface area contributed by atoms with Gasteiger partial charge in [0, 0.05) is 9.80 Å². The monoisotopic (exact) mass is 292 g/mol. The molecule has 1 rings (SSSR count). The van der Waals surface area contributed by atoms with Gasteiger partial charge in [0.15, 0.2) is 0 Å². The van der Waals surface area contributed by atoms with Gasteiger partial charge in [0.1, 0.15) is 5.75 Å². The molecule has 0 atom stereocenters. The third-order valence-corrected chi connectivity index (χ3v) is 3.15. The number of rotatable bonds is 2. The van der Waals surface area contributed by atoms with E-state index in [9.17, 15) is 0 Å². The quantitative estimate of drug-likeness (QED) is 0.756. The summed E-state index contributed by atoms with van der Waals surface area (Å²) in [5.74, 6) is 0.938. The molecule has 1 aromatic carbocycles. The minimum Gasteiger partial charge on any atom is -0.496 e. The van der Waals surface area contributed by atoms with Crippen LogP contribution in [0.15, 0.2) is 16.6 Å². The summed E-state index contributed by atoms with van der Waals surface area (Å²) in [6.07, 6.45) is 0. The van der Waals surface area contributed by atoms with Gasteiger partial charge in [-0.1, -0.05) is 31.9 Å². The fourth-order valence-corrected chi connectivity index (χ4v) is 2.76. The molecule has 0 aliphatic carbocycles. The van der Waals surface area contributed by atoms with Crippen LogP contribution in [0.5, 0.6) is 5.75 Å². The first-order valence-electron chi connectivity index (χ1n) is 3.58. The van der Waals surface area contributed by atoms with Crippen LogP contribution in [0, 0.1) is 6.92 Å². The summed E-state index contributed by atoms with van der Waals surface area (Å²) in [5.41, 5.74) is 2.43. The Kier molecular flexibility index (Phi) is 3.59. The number of alkyl halides is 1. The lowest BCUT2D eigenvalue weighted by atomic mass is 10.1. The van der Waals surface area contributed by atoms with Crippen LogP contribution in [-0.4, -0.2) is 7.11 Å². The maximum Gasteiger partial charge on any atom is 0.122 e. The smallest absolute Gasteiger partial charge is 0.122 e. The number of hydrogen-bond donors (Lipinski definition) is 0. The van der Waals surface area contributed by atoms with Gasteiger partial charge >= 0.3 is 0 Å². The molecule has 0 aliphatic rings. The van der Waals surface area contributed by atoms with Gasteiger partial charge in [-0.05, 0) is 30.2 Å². The largest absolute Gasteiger partial charge is 0.496 e. The SMILES string of the molecule is COc1ccc(Br)c(CBr)c1C. The summed E-state index contributed by atoms with van der Waals surface area (Å²) in [7, 11) is 1.69. The Morgan fingerprint density at radius 1 is 1.42 bits per heavy atom. The standard InChI is InChI=1S/C9H10Br2O/c1-6-7(5-10)8(11)3-4-9(6)12-2/h3-4H,5H2,1-2H3. The molecule has 0 amide bonds. The van der Waals surface area contributed by atoms with Crippen LogP contribution in [0.2, 0.25) is 0 Å². The molecule has 0 spiro atoms. The van der Waals surface area contributed by atoms with E-state index in [0.717, 1.165) is 15.6 Å². The predicted octanol–water partition coefficient (Wildman–Crippen LogP) is 3.66. The van der Waals surface area contributed by atoms with Gasteiger partial charge in [0.2, 0.25) is 0 Å². The summed E-state index contributed by atoms with van der Waals surface area (Å²) >= 11 is 6.92. The summed E-state index contributed by atoms with van der Waals surface area (Å²) < 4.78 is 6.32. The second kappa shape index (κ2) is 4.28. The molecular formula is C9H10Br2O. The van der Waals surface area contributed by atoms with Gasteiger partial charge in [-0.15, -0.1) is 0 Å². The zero-order valence-electron chi connectivity index (χ0n) is 7.03. The van der Waals surface area contributed by atoms with Crippen molar-refractivity contribution in [3.63, 3.8) is 0 Å². The predicted molar refractivity (Wildman–Crippen MR) is 58.1 cm³/mol. The van der Waals surface area contributed by atoms with Gasteiger partial charge in [0.05, 0.1) is 7.11 Å². The minimum atomic E-state index is 0.844. The first-order valence-corrected chi connectivity index (χ1v) is 5.50. The maximum atomic E-state index is 5.20. The van der Waals surface area contributed by atoms with Crippen molar-refractivity contribution in [1.29, 1.82) is 0 Å². The Morgan fingerprint density at radius 3 is 2.58 bits per heavy atom. The van der Waals surface area contributed by atoms with Gasteiger partial charge in [-0.2, -0.15) is 0 Å². The van der Waals surface area contributed by atoms with Crippen molar-refractivity contribution >= 4 is 31.9 Å². The molecule has 1 aromatic rings. The molecule has 0 fully saturated rings. The third kappa shape index (κ3) is 1.83. The third-order valence-electron chi connectivity index (χ3n) is 1.85. The summed E-state index contributed by atoms with van der Waals surface area (Å²) in [6.45, 7) is 2.06. The summed E-state index contributed by atoms with van der Waals surface area (Å²) in [5, 5.41) is 0.844. The van der Waals surface area contributed by atoms with Gasteiger partial charge in [-0.25, -0.2) is 0 Å². The van der Waals surface area contributed by atoms with Crippen molar-refractivity contribution in [2.75, 3.05) is 7.11 Å². The Balaban J connectivity index is 3.24. The Morgan fingerprint density at radius 2 is 2.08 bits per heavy atom. The van der Waals surface area contributed by atoms with Crippen molar-refractivity contribution in [2.45, 2.75) is 12.3 Å². The first kappa shape index (κ1) is 10.1. The number of hydrogen-bond acceptors (Lipinski definition) is 1. The molecule has 0 N–H and O–H groups in total. The van der Waals surface area contributed by atoms with E-state index in [0.29, 0.717) is 0 Å². The van der Waals surface area contributed by atoms with E-state index < -0.39 is 0 Å². The molecule has 0 saturated carbocycles. The van der Waals surface area contributed by atoms with E-state index in [1.54, 1.807) is 7.11 Å². The van der Waals surface area contributed by atoms with E-state index in [4.69, 9.17) is 4.74 Å². The minimum absolute atomic E-state index is 0.844. The van der Waals surface area contributed by atoms with Crippen molar-refractivity contribution in [3.05, 3.63) is 27.7 Å². The Bertz CT molecular complexity index is 284. The number of ether oxygens (including phenoxy) is 1. The van der Waals surface area contributed by atoms with E-state index in [-0.39, 0.29) is 0 Å². The molecule has 66 valence electrons. The van der Waals surface area contributed by atoms with E-state index >= 15 is 0 Å². The Hall–Kier alpha value is -0.0200. The number of halogens is 2. The summed E-state index contributed by atoms with van der Waals surface area (Å²) in [6, 6.07) is 3.97. The van der Waals surface area contributed by atoms with Crippen LogP contribution in [0.1, 0.15) is 11.1 Å². The highest BCUT2D eigenvalue weighted by Crippen LogP contribution is 2.29. The molecule has 0 aliphatic heterocycles. The molecule has 0 saturated heterocycles. The van der Waals surface area contributed by atoms with Crippen molar-refractivity contribution in [2.24, 2.45) is 0 Å². The molecule has 3 heteroatoms. The van der Waals surface area contributed by atoms with Gasteiger partial charge in [0.25, 0.3) is 0 Å². The zero-order chi connectivity index (χ0) is 9.14. The van der Waals surface area contributed by atoms with Crippen molar-refractivity contribution in [3.8, 4) is 5.75 Å². The molecule has 0 bridgehead atoms. The lowest BCUT2D eigenvalue weighted by molar-refractivity contribution is 0.411. The zero-order valence-corrected chi connectivity index (χ0v) is 10.2. The first-order chi connectivity index (χ1) is 5.70. The second-order valence-electron chi connectivity index (χ2n) is 2.49. The maximum absolute atomic E-state index is 5.20. The van der Waals surface area contributed by atoms with Gasteiger partial charge < -0.3 is 4.74 Å². The topological polar surface area (TPSA) is 9.23 Å². The molecule has 0 heterocycles. The molecular weight excluding hydrogens is 284 g/mol.